The Morgan fingerprint density at radius 1 is 0.941 bits per heavy atom. The Morgan fingerprint density at radius 2 is 1.65 bits per heavy atom. The topological polar surface area (TPSA) is 309 Å². The number of amides is 5. The number of nitrogens with zero attached hydrogens (tertiary/aromatic N) is 3. The van der Waals surface area contributed by atoms with Gasteiger partial charge in [0.2, 0.25) is 29.6 Å². The molecule has 1 aromatic carbocycles. The van der Waals surface area contributed by atoms with Crippen LogP contribution >= 0.6 is 0 Å². The highest BCUT2D eigenvalue weighted by Crippen LogP contribution is 2.12. The first-order valence-corrected chi connectivity index (χ1v) is 15.8. The number of hydrogen-bond acceptors (Lipinski definition) is 13. The molecule has 2 unspecified atom stereocenters. The number of aromatic nitrogens is 4. The molecule has 0 fully saturated rings. The van der Waals surface area contributed by atoms with Crippen LogP contribution in [0.1, 0.15) is 55.1 Å². The number of carbonyl (C=O) groups excluding carboxylic acids is 6. The van der Waals surface area contributed by atoms with Gasteiger partial charge < -0.3 is 47.5 Å². The molecule has 0 saturated heterocycles. The van der Waals surface area contributed by atoms with Crippen LogP contribution in [0.4, 0.5) is 11.6 Å². The minimum absolute atomic E-state index is 0.0183. The second-order valence-corrected chi connectivity index (χ2v) is 11.0. The van der Waals surface area contributed by atoms with Gasteiger partial charge in [-0.2, -0.15) is 4.98 Å². The van der Waals surface area contributed by atoms with E-state index in [-0.39, 0.29) is 61.8 Å². The molecule has 2 heterocycles. The summed E-state index contributed by atoms with van der Waals surface area (Å²) < 4.78 is 0. The van der Waals surface area contributed by atoms with Crippen molar-refractivity contribution in [1.29, 1.82) is 0 Å². The number of nitrogens with one attached hydrogen (secondary N) is 7. The molecule has 3 aromatic rings. The molecule has 0 radical (unpaired) electrons. The van der Waals surface area contributed by atoms with Gasteiger partial charge >= 0.3 is 5.97 Å². The maximum atomic E-state index is 12.5. The number of hydrogen-bond donors (Lipinski definition) is 9. The van der Waals surface area contributed by atoms with Crippen LogP contribution < -0.4 is 43.2 Å². The highest BCUT2D eigenvalue weighted by atomic mass is 16.4. The molecule has 2 aromatic heterocycles. The largest absolute Gasteiger partial charge is 0.481 e. The van der Waals surface area contributed by atoms with Gasteiger partial charge in [0, 0.05) is 30.6 Å². The van der Waals surface area contributed by atoms with Crippen LogP contribution in [-0.4, -0.2) is 98.6 Å². The Hall–Kier alpha value is -6.47. The summed E-state index contributed by atoms with van der Waals surface area (Å²) in [6, 6.07) is 4.59. The quantitative estimate of drug-likeness (QED) is 0.0457. The van der Waals surface area contributed by atoms with Crippen molar-refractivity contribution >= 4 is 64.6 Å². The van der Waals surface area contributed by atoms with E-state index in [0.29, 0.717) is 29.7 Å². The Bertz CT molecular complexity index is 1800. The second kappa shape index (κ2) is 19.5. The fourth-order valence-electron chi connectivity index (χ4n) is 4.41. The SMILES string of the molecule is CCC(NC(=O)CNC(=O)CCCNC(=O)c1ccc(NCc2cnc3nc(N)[nH]c(=O)c3n2)cc1)C(=O)NCC(=O)NC(C=O)CCC(=O)O. The van der Waals surface area contributed by atoms with E-state index < -0.39 is 60.3 Å². The maximum Gasteiger partial charge on any atom is 0.303 e. The number of nitrogens with two attached hydrogens (primary N) is 1. The van der Waals surface area contributed by atoms with Crippen LogP contribution in [0, 0.1) is 0 Å². The number of H-pyrrole nitrogens is 1. The monoisotopic (exact) mass is 709 g/mol. The molecule has 0 aliphatic rings. The van der Waals surface area contributed by atoms with Crippen molar-refractivity contribution in [3.05, 3.63) is 52.1 Å². The van der Waals surface area contributed by atoms with E-state index in [1.54, 1.807) is 31.2 Å². The van der Waals surface area contributed by atoms with E-state index in [2.05, 4.69) is 51.8 Å². The van der Waals surface area contributed by atoms with Gasteiger partial charge in [0.25, 0.3) is 11.5 Å². The smallest absolute Gasteiger partial charge is 0.303 e. The van der Waals surface area contributed by atoms with Crippen LogP contribution in [0.25, 0.3) is 11.2 Å². The summed E-state index contributed by atoms with van der Waals surface area (Å²) in [6.45, 7) is 1.17. The highest BCUT2D eigenvalue weighted by molar-refractivity contribution is 5.94. The van der Waals surface area contributed by atoms with Crippen molar-refractivity contribution in [3.63, 3.8) is 0 Å². The van der Waals surface area contributed by atoms with E-state index in [1.807, 2.05) is 0 Å². The number of benzene rings is 1. The molecular weight excluding hydrogens is 670 g/mol. The molecule has 2 atom stereocenters. The number of rotatable bonds is 20. The molecule has 0 spiro atoms. The number of nitrogen functional groups attached to an aromatic ring is 1. The summed E-state index contributed by atoms with van der Waals surface area (Å²) in [6.07, 6.45) is 1.94. The third-order valence-corrected chi connectivity index (χ3v) is 7.08. The van der Waals surface area contributed by atoms with Crippen LogP contribution in [0.5, 0.6) is 0 Å². The summed E-state index contributed by atoms with van der Waals surface area (Å²) >= 11 is 0. The Balaban J connectivity index is 1.31. The van der Waals surface area contributed by atoms with E-state index in [0.717, 1.165) is 0 Å². The number of aliphatic carboxylic acids is 1. The first-order valence-electron chi connectivity index (χ1n) is 15.8. The van der Waals surface area contributed by atoms with Crippen molar-refractivity contribution in [2.24, 2.45) is 0 Å². The van der Waals surface area contributed by atoms with Gasteiger partial charge in [-0.15, -0.1) is 0 Å². The molecule has 272 valence electrons. The first-order chi connectivity index (χ1) is 24.4. The fourth-order valence-corrected chi connectivity index (χ4v) is 4.41. The molecule has 0 aliphatic heterocycles. The van der Waals surface area contributed by atoms with Crippen LogP contribution in [0.2, 0.25) is 0 Å². The molecule has 0 aliphatic carbocycles. The first kappa shape index (κ1) is 39.0. The highest BCUT2D eigenvalue weighted by Gasteiger charge is 2.21. The average Bonchev–Trinajstić information content (AvgIpc) is 3.11. The average molecular weight is 710 g/mol. The lowest BCUT2D eigenvalue weighted by molar-refractivity contribution is -0.137. The molecule has 0 bridgehead atoms. The lowest BCUT2D eigenvalue weighted by Gasteiger charge is -2.17. The number of aromatic amines is 1. The standard InChI is InChI=1S/C31H39N11O9/c1-2-21(29(50)37-15-23(45)38-19(16-43)9-10-25(47)48)40-24(46)14-35-22(44)4-3-11-33-28(49)17-5-7-18(8-6-17)34-12-20-13-36-27-26(39-20)30(51)42-31(32)41-27/h5-8,13,16,19,21,34H,2-4,9-12,14-15H2,1H3,(H,33,49)(H,35,44)(H,37,50)(H,38,45)(H,40,46)(H,47,48)(H3,32,36,41,42,51). The van der Waals surface area contributed by atoms with Gasteiger partial charge in [0.05, 0.1) is 37.6 Å². The number of anilines is 2. The molecule has 10 N–H and O–H groups in total. The van der Waals surface area contributed by atoms with Crippen molar-refractivity contribution in [1.82, 2.24) is 46.5 Å². The van der Waals surface area contributed by atoms with Gasteiger partial charge in [-0.3, -0.25) is 38.5 Å². The van der Waals surface area contributed by atoms with E-state index in [1.165, 1.54) is 6.20 Å². The molecule has 51 heavy (non-hydrogen) atoms. The summed E-state index contributed by atoms with van der Waals surface area (Å²) in [7, 11) is 0. The van der Waals surface area contributed by atoms with E-state index >= 15 is 0 Å². The number of carboxylic acids is 1. The van der Waals surface area contributed by atoms with E-state index in [9.17, 15) is 38.4 Å². The summed E-state index contributed by atoms with van der Waals surface area (Å²) in [5, 5.41) is 24.1. The van der Waals surface area contributed by atoms with Crippen LogP contribution in [-0.2, 0) is 35.3 Å². The van der Waals surface area contributed by atoms with Crippen molar-refractivity contribution in [2.75, 3.05) is 30.7 Å². The minimum atomic E-state index is -1.13. The Labute approximate surface area is 290 Å². The van der Waals surface area contributed by atoms with Crippen LogP contribution in [0.3, 0.4) is 0 Å². The normalized spacial score (nSPS) is 11.8. The zero-order chi connectivity index (χ0) is 37.3. The molecule has 20 heteroatoms. The Kier molecular flexibility index (Phi) is 14.9. The van der Waals surface area contributed by atoms with Crippen molar-refractivity contribution in [2.45, 2.75) is 57.7 Å². The predicted molar refractivity (Wildman–Crippen MR) is 181 cm³/mol. The maximum absolute atomic E-state index is 12.5. The predicted octanol–water partition coefficient (Wildman–Crippen LogP) is -1.91. The summed E-state index contributed by atoms with van der Waals surface area (Å²) in [5.74, 6) is -3.99. The third kappa shape index (κ3) is 13.2. The minimum Gasteiger partial charge on any atom is -0.481 e. The Morgan fingerprint density at radius 3 is 2.33 bits per heavy atom. The fraction of sp³-hybridized carbons (Fsp3) is 0.387. The van der Waals surface area contributed by atoms with Gasteiger partial charge in [-0.25, -0.2) is 9.97 Å². The summed E-state index contributed by atoms with van der Waals surface area (Å²) in [5.41, 5.74) is 6.78. The number of carbonyl (C=O) groups is 7. The molecular formula is C31H39N11O9. The van der Waals surface area contributed by atoms with Gasteiger partial charge in [0.1, 0.15) is 12.3 Å². The van der Waals surface area contributed by atoms with Crippen LogP contribution in [0.15, 0.2) is 35.3 Å². The van der Waals surface area contributed by atoms with Gasteiger partial charge in [-0.05, 0) is 43.5 Å². The van der Waals surface area contributed by atoms with E-state index in [4.69, 9.17) is 10.8 Å². The number of carboxylic acid groups (broad SMARTS) is 1. The van der Waals surface area contributed by atoms with Crippen molar-refractivity contribution < 1.29 is 38.7 Å². The zero-order valence-electron chi connectivity index (χ0n) is 27.6. The molecule has 3 rings (SSSR count). The molecule has 20 nitrogen and oxygen atoms in total. The summed E-state index contributed by atoms with van der Waals surface area (Å²) in [4.78, 5) is 110. The zero-order valence-corrected chi connectivity index (χ0v) is 27.6. The third-order valence-electron chi connectivity index (χ3n) is 7.08. The number of fused-ring (bicyclic) bond motifs is 1. The second-order valence-electron chi connectivity index (χ2n) is 11.0. The van der Waals surface area contributed by atoms with Gasteiger partial charge in [-0.1, -0.05) is 6.92 Å². The number of aldehydes is 1. The molecule has 0 saturated carbocycles. The lowest BCUT2D eigenvalue weighted by atomic mass is 10.2. The van der Waals surface area contributed by atoms with Gasteiger partial charge in [0.15, 0.2) is 11.2 Å². The molecule has 5 amide bonds. The van der Waals surface area contributed by atoms with Crippen molar-refractivity contribution in [3.8, 4) is 0 Å². The lowest BCUT2D eigenvalue weighted by Crippen LogP contribution is -2.51.